The van der Waals surface area contributed by atoms with Gasteiger partial charge in [-0.3, -0.25) is 9.59 Å². The van der Waals surface area contributed by atoms with Gasteiger partial charge in [0.2, 0.25) is 0 Å². The van der Waals surface area contributed by atoms with Gasteiger partial charge in [-0.05, 0) is 48.9 Å². The molecule has 0 spiro atoms. The molecule has 0 saturated heterocycles. The van der Waals surface area contributed by atoms with Crippen molar-refractivity contribution < 1.29 is 9.53 Å². The van der Waals surface area contributed by atoms with Crippen LogP contribution in [0.2, 0.25) is 0 Å². The number of rotatable bonds is 12. The first-order valence-corrected chi connectivity index (χ1v) is 13.0. The summed E-state index contributed by atoms with van der Waals surface area (Å²) in [6.45, 7) is 7.33. The van der Waals surface area contributed by atoms with Crippen molar-refractivity contribution >= 4 is 39.6 Å². The molecule has 1 aromatic heterocycles. The van der Waals surface area contributed by atoms with E-state index in [4.69, 9.17) is 4.74 Å². The van der Waals surface area contributed by atoms with Crippen LogP contribution in [-0.2, 0) is 16.0 Å². The number of hydrogen-bond donors (Lipinski definition) is 2. The van der Waals surface area contributed by atoms with Crippen LogP contribution in [0.4, 0.5) is 22.9 Å². The summed E-state index contributed by atoms with van der Waals surface area (Å²) in [6.07, 6.45) is 1.97. The number of aryl methyl sites for hydroxylation is 1. The molecule has 1 heterocycles. The predicted octanol–water partition coefficient (Wildman–Crippen LogP) is 4.71. The van der Waals surface area contributed by atoms with Crippen LogP contribution in [0.3, 0.4) is 0 Å². The van der Waals surface area contributed by atoms with Crippen molar-refractivity contribution in [3.63, 3.8) is 0 Å². The lowest BCUT2D eigenvalue weighted by atomic mass is 10.0. The molecule has 1 atom stereocenters. The van der Waals surface area contributed by atoms with Gasteiger partial charge in [0.1, 0.15) is 23.2 Å². The number of hydrogen-bond acceptors (Lipinski definition) is 8. The molecule has 2 N–H and O–H groups in total. The molecule has 3 aromatic carbocycles. The Morgan fingerprint density at radius 1 is 1.00 bits per heavy atom. The number of benzene rings is 2. The SMILES string of the molecule is CCCN(CCC)c1c(N[C@@H](Cc2ccc(Nc3nc(C)cc4ccccc34)cc2)C(=O)OC)c(=O)c1=O. The average molecular weight is 515 g/mol. The number of nitrogens with one attached hydrogen (secondary N) is 2. The molecule has 8 heteroatoms. The molecule has 0 aliphatic rings. The van der Waals surface area contributed by atoms with Gasteiger partial charge in [-0.1, -0.05) is 50.2 Å². The molecule has 0 saturated carbocycles. The topological polar surface area (TPSA) is 101 Å². The number of fused-ring (bicyclic) bond motifs is 1. The van der Waals surface area contributed by atoms with Gasteiger partial charge < -0.3 is 20.3 Å². The first-order chi connectivity index (χ1) is 18.4. The zero-order chi connectivity index (χ0) is 27.2. The molecule has 0 aliphatic carbocycles. The maximum atomic E-state index is 12.6. The summed E-state index contributed by atoms with van der Waals surface area (Å²) < 4.78 is 5.01. The van der Waals surface area contributed by atoms with E-state index in [1.165, 1.54) is 7.11 Å². The Bertz CT molecular complexity index is 1480. The van der Waals surface area contributed by atoms with Crippen molar-refractivity contribution in [1.29, 1.82) is 0 Å². The second kappa shape index (κ2) is 11.9. The van der Waals surface area contributed by atoms with Crippen molar-refractivity contribution in [2.75, 3.05) is 35.7 Å². The molecule has 0 amide bonds. The van der Waals surface area contributed by atoms with Crippen LogP contribution in [0.1, 0.15) is 37.9 Å². The van der Waals surface area contributed by atoms with Gasteiger partial charge in [-0.2, -0.15) is 0 Å². The molecule has 4 rings (SSSR count). The predicted molar refractivity (Wildman–Crippen MR) is 153 cm³/mol. The van der Waals surface area contributed by atoms with E-state index >= 15 is 0 Å². The smallest absolute Gasteiger partial charge is 0.328 e. The van der Waals surface area contributed by atoms with Gasteiger partial charge in [0, 0.05) is 36.3 Å². The minimum atomic E-state index is -0.812. The number of carbonyl (C=O) groups excluding carboxylic acids is 1. The molecular formula is C30H34N4O4. The Morgan fingerprint density at radius 2 is 1.68 bits per heavy atom. The lowest BCUT2D eigenvalue weighted by molar-refractivity contribution is -0.141. The second-order valence-electron chi connectivity index (χ2n) is 9.45. The summed E-state index contributed by atoms with van der Waals surface area (Å²) in [5.41, 5.74) is 2.12. The Hall–Kier alpha value is -4.20. The zero-order valence-corrected chi connectivity index (χ0v) is 22.3. The number of ether oxygens (including phenoxy) is 1. The first kappa shape index (κ1) is 26.9. The summed E-state index contributed by atoms with van der Waals surface area (Å²) in [5, 5.41) is 8.56. The van der Waals surface area contributed by atoms with Crippen LogP contribution in [0.15, 0.2) is 64.2 Å². The Balaban J connectivity index is 1.53. The van der Waals surface area contributed by atoms with E-state index in [0.717, 1.165) is 46.4 Å². The van der Waals surface area contributed by atoms with Gasteiger partial charge in [0.05, 0.1) is 7.11 Å². The Kier molecular flexibility index (Phi) is 8.41. The normalized spacial score (nSPS) is 11.9. The van der Waals surface area contributed by atoms with Gasteiger partial charge in [0.15, 0.2) is 0 Å². The van der Waals surface area contributed by atoms with E-state index in [-0.39, 0.29) is 5.69 Å². The van der Waals surface area contributed by atoms with E-state index < -0.39 is 22.9 Å². The van der Waals surface area contributed by atoms with Crippen molar-refractivity contribution in [2.24, 2.45) is 0 Å². The Morgan fingerprint density at radius 3 is 2.34 bits per heavy atom. The highest BCUT2D eigenvalue weighted by atomic mass is 16.5. The molecule has 198 valence electrons. The highest BCUT2D eigenvalue weighted by Gasteiger charge is 2.30. The van der Waals surface area contributed by atoms with E-state index in [9.17, 15) is 14.4 Å². The number of pyridine rings is 1. The molecule has 0 radical (unpaired) electrons. The van der Waals surface area contributed by atoms with Crippen LogP contribution < -0.4 is 26.4 Å². The molecule has 0 bridgehead atoms. The maximum Gasteiger partial charge on any atom is 0.328 e. The second-order valence-corrected chi connectivity index (χ2v) is 9.45. The molecule has 0 aliphatic heterocycles. The van der Waals surface area contributed by atoms with E-state index in [1.807, 2.05) is 68.1 Å². The largest absolute Gasteiger partial charge is 0.467 e. The minimum Gasteiger partial charge on any atom is -0.467 e. The van der Waals surface area contributed by atoms with Crippen molar-refractivity contribution in [3.8, 4) is 0 Å². The summed E-state index contributed by atoms with van der Waals surface area (Å²) in [6, 6.07) is 17.0. The van der Waals surface area contributed by atoms with Crippen LogP contribution in [0.5, 0.6) is 0 Å². The zero-order valence-electron chi connectivity index (χ0n) is 22.3. The maximum absolute atomic E-state index is 12.6. The number of anilines is 4. The number of aromatic nitrogens is 1. The molecule has 8 nitrogen and oxygen atoms in total. The van der Waals surface area contributed by atoms with E-state index in [1.54, 1.807) is 0 Å². The fourth-order valence-electron chi connectivity index (χ4n) is 4.72. The first-order valence-electron chi connectivity index (χ1n) is 13.0. The molecule has 0 unspecified atom stereocenters. The van der Waals surface area contributed by atoms with Crippen LogP contribution in [0.25, 0.3) is 10.8 Å². The van der Waals surface area contributed by atoms with E-state index in [2.05, 4.69) is 27.8 Å². The average Bonchev–Trinajstić information content (AvgIpc) is 2.92. The van der Waals surface area contributed by atoms with Crippen LogP contribution in [0, 0.1) is 6.92 Å². The van der Waals surface area contributed by atoms with Gasteiger partial charge in [-0.15, -0.1) is 0 Å². The molecule has 0 fully saturated rings. The van der Waals surface area contributed by atoms with Crippen molar-refractivity contribution in [3.05, 3.63) is 86.3 Å². The summed E-state index contributed by atoms with van der Waals surface area (Å²) in [4.78, 5) is 44.1. The van der Waals surface area contributed by atoms with Crippen LogP contribution in [-0.4, -0.2) is 37.2 Å². The summed E-state index contributed by atoms with van der Waals surface area (Å²) in [7, 11) is 1.31. The highest BCUT2D eigenvalue weighted by molar-refractivity contribution is 5.93. The van der Waals surface area contributed by atoms with Crippen LogP contribution >= 0.6 is 0 Å². The number of esters is 1. The Labute approximate surface area is 222 Å². The summed E-state index contributed by atoms with van der Waals surface area (Å²) >= 11 is 0. The fraction of sp³-hybridized carbons (Fsp3) is 0.333. The fourth-order valence-corrected chi connectivity index (χ4v) is 4.72. The third-order valence-electron chi connectivity index (χ3n) is 6.52. The molecule has 4 aromatic rings. The molecule has 38 heavy (non-hydrogen) atoms. The highest BCUT2D eigenvalue weighted by Crippen LogP contribution is 2.26. The quantitative estimate of drug-likeness (QED) is 0.207. The van der Waals surface area contributed by atoms with Crippen molar-refractivity contribution in [1.82, 2.24) is 4.98 Å². The van der Waals surface area contributed by atoms with E-state index in [0.29, 0.717) is 25.2 Å². The lowest BCUT2D eigenvalue weighted by Crippen LogP contribution is -2.46. The van der Waals surface area contributed by atoms with Crippen molar-refractivity contribution in [2.45, 2.75) is 46.1 Å². The van der Waals surface area contributed by atoms with Gasteiger partial charge in [-0.25, -0.2) is 9.78 Å². The number of nitrogens with zero attached hydrogens (tertiary/aromatic N) is 2. The molecular weight excluding hydrogens is 480 g/mol. The summed E-state index contributed by atoms with van der Waals surface area (Å²) in [5.74, 6) is 0.276. The standard InChI is InChI=1S/C30H34N4O4/c1-5-15-34(16-6-2)26-25(27(35)28(26)36)33-24(30(37)38-4)18-20-11-13-22(14-12-20)32-29-23-10-8-7-9-21(23)17-19(3)31-29/h7-14,17,24,33H,5-6,15-16,18H2,1-4H3,(H,31,32)/t24-/m0/s1. The third kappa shape index (κ3) is 5.69. The number of methoxy groups -OCH3 is 1. The number of carbonyl (C=O) groups is 1. The third-order valence-corrected chi connectivity index (χ3v) is 6.52. The lowest BCUT2D eigenvalue weighted by Gasteiger charge is -2.28. The van der Waals surface area contributed by atoms with Gasteiger partial charge in [0.25, 0.3) is 10.9 Å². The minimum absolute atomic E-state index is 0.197. The van der Waals surface area contributed by atoms with Gasteiger partial charge >= 0.3 is 5.97 Å². The monoisotopic (exact) mass is 514 g/mol.